The molecule has 0 fully saturated rings. The fourth-order valence-electron chi connectivity index (χ4n) is 3.98. The van der Waals surface area contributed by atoms with Gasteiger partial charge in [0.1, 0.15) is 11.3 Å². The number of aromatic nitrogens is 5. The molecule has 6 nitrogen and oxygen atoms in total. The summed E-state index contributed by atoms with van der Waals surface area (Å²) in [6.45, 7) is 2.10. The molecule has 0 unspecified atom stereocenters. The minimum Gasteiger partial charge on any atom is -0.472 e. The smallest absolute Gasteiger partial charge is 0.138 e. The Morgan fingerprint density at radius 3 is 2.73 bits per heavy atom. The summed E-state index contributed by atoms with van der Waals surface area (Å²) in [5.41, 5.74) is 9.10. The van der Waals surface area contributed by atoms with Crippen LogP contribution in [0.1, 0.15) is 5.56 Å². The van der Waals surface area contributed by atoms with Crippen LogP contribution in [0.2, 0.25) is 0 Å². The molecule has 0 amide bonds. The van der Waals surface area contributed by atoms with Crippen LogP contribution >= 0.6 is 0 Å². The molecule has 0 saturated carbocycles. The highest BCUT2D eigenvalue weighted by Crippen LogP contribution is 2.35. The number of aromatic amines is 2. The van der Waals surface area contributed by atoms with E-state index in [-0.39, 0.29) is 0 Å². The Morgan fingerprint density at radius 1 is 0.900 bits per heavy atom. The van der Waals surface area contributed by atoms with Crippen LogP contribution in [0.25, 0.3) is 55.6 Å². The minimum absolute atomic E-state index is 0.819. The zero-order chi connectivity index (χ0) is 20.1. The summed E-state index contributed by atoms with van der Waals surface area (Å²) in [5, 5.41) is 9.82. The van der Waals surface area contributed by atoms with Crippen molar-refractivity contribution in [1.29, 1.82) is 0 Å². The van der Waals surface area contributed by atoms with E-state index in [1.807, 2.05) is 30.6 Å². The van der Waals surface area contributed by atoms with Gasteiger partial charge in [-0.2, -0.15) is 5.10 Å². The first-order chi connectivity index (χ1) is 14.8. The Bertz CT molecular complexity index is 1510. The predicted octanol–water partition coefficient (Wildman–Crippen LogP) is 5.74. The molecule has 144 valence electrons. The molecule has 6 aromatic rings. The summed E-state index contributed by atoms with van der Waals surface area (Å²) in [5.74, 6) is 0. The number of hydrogen-bond donors (Lipinski definition) is 2. The summed E-state index contributed by atoms with van der Waals surface area (Å²) in [7, 11) is 0. The Hall–Kier alpha value is -4.19. The van der Waals surface area contributed by atoms with Gasteiger partial charge in [-0.25, -0.2) is 4.98 Å². The Morgan fingerprint density at radius 2 is 1.87 bits per heavy atom. The molecule has 0 aliphatic rings. The Kier molecular flexibility index (Phi) is 3.58. The topological polar surface area (TPSA) is 83.4 Å². The lowest BCUT2D eigenvalue weighted by Gasteiger charge is -2.05. The Labute approximate surface area is 171 Å². The lowest BCUT2D eigenvalue weighted by Crippen LogP contribution is -1.85. The summed E-state index contributed by atoms with van der Waals surface area (Å²) < 4.78 is 5.27. The van der Waals surface area contributed by atoms with E-state index >= 15 is 0 Å². The molecular formula is C24H17N5O. The van der Waals surface area contributed by atoms with E-state index in [1.165, 1.54) is 5.56 Å². The normalized spacial score (nSPS) is 11.5. The SMILES string of the molecule is Cc1ccncc1-c1ccc2[nH]nc(-c3cc4c(-c5ccoc5)ccnc4[nH]3)c2c1. The molecule has 2 N–H and O–H groups in total. The van der Waals surface area contributed by atoms with Crippen molar-refractivity contribution < 1.29 is 4.42 Å². The van der Waals surface area contributed by atoms with Crippen LogP contribution in [0.4, 0.5) is 0 Å². The van der Waals surface area contributed by atoms with Crippen LogP contribution in [0.5, 0.6) is 0 Å². The number of pyridine rings is 2. The number of nitrogens with one attached hydrogen (secondary N) is 2. The molecular weight excluding hydrogens is 374 g/mol. The number of fused-ring (bicyclic) bond motifs is 2. The quantitative estimate of drug-likeness (QED) is 0.403. The molecule has 0 saturated heterocycles. The molecule has 1 aromatic carbocycles. The van der Waals surface area contributed by atoms with Crippen LogP contribution in [0.15, 0.2) is 78.0 Å². The van der Waals surface area contributed by atoms with Crippen LogP contribution in [0.3, 0.4) is 0 Å². The van der Waals surface area contributed by atoms with E-state index in [0.717, 1.165) is 55.6 Å². The van der Waals surface area contributed by atoms with Gasteiger partial charge in [-0.15, -0.1) is 0 Å². The lowest BCUT2D eigenvalue weighted by atomic mass is 10.0. The third kappa shape index (κ3) is 2.54. The van der Waals surface area contributed by atoms with E-state index in [9.17, 15) is 0 Å². The van der Waals surface area contributed by atoms with Gasteiger partial charge in [0.15, 0.2) is 0 Å². The van der Waals surface area contributed by atoms with Gasteiger partial charge >= 0.3 is 0 Å². The van der Waals surface area contributed by atoms with E-state index in [4.69, 9.17) is 4.42 Å². The van der Waals surface area contributed by atoms with Crippen LogP contribution in [-0.2, 0) is 0 Å². The van der Waals surface area contributed by atoms with Crippen molar-refractivity contribution >= 4 is 21.9 Å². The molecule has 0 aliphatic carbocycles. The summed E-state index contributed by atoms with van der Waals surface area (Å²) >= 11 is 0. The predicted molar refractivity (Wildman–Crippen MR) is 117 cm³/mol. The second-order valence-corrected chi connectivity index (χ2v) is 7.34. The molecule has 5 heterocycles. The molecule has 0 spiro atoms. The van der Waals surface area contributed by atoms with Gasteiger partial charge < -0.3 is 9.40 Å². The molecule has 0 bridgehead atoms. The first kappa shape index (κ1) is 16.7. The van der Waals surface area contributed by atoms with Gasteiger partial charge in [0.2, 0.25) is 0 Å². The first-order valence-electron chi connectivity index (χ1n) is 9.68. The molecule has 5 aromatic heterocycles. The lowest BCUT2D eigenvalue weighted by molar-refractivity contribution is 0.568. The summed E-state index contributed by atoms with van der Waals surface area (Å²) in [6, 6.07) is 14.4. The zero-order valence-electron chi connectivity index (χ0n) is 16.2. The maximum atomic E-state index is 5.27. The van der Waals surface area contributed by atoms with Crippen molar-refractivity contribution in [3.8, 4) is 33.6 Å². The van der Waals surface area contributed by atoms with E-state index in [1.54, 1.807) is 18.7 Å². The van der Waals surface area contributed by atoms with Crippen LogP contribution in [-0.4, -0.2) is 25.1 Å². The van der Waals surface area contributed by atoms with Crippen molar-refractivity contribution in [1.82, 2.24) is 25.1 Å². The van der Waals surface area contributed by atoms with Crippen molar-refractivity contribution in [2.75, 3.05) is 0 Å². The zero-order valence-corrected chi connectivity index (χ0v) is 16.2. The summed E-state index contributed by atoms with van der Waals surface area (Å²) in [4.78, 5) is 12.2. The van der Waals surface area contributed by atoms with Crippen molar-refractivity contribution in [2.45, 2.75) is 6.92 Å². The maximum absolute atomic E-state index is 5.27. The van der Waals surface area contributed by atoms with Gasteiger partial charge in [0.05, 0.1) is 23.7 Å². The van der Waals surface area contributed by atoms with Gasteiger partial charge in [0.25, 0.3) is 0 Å². The number of aryl methyl sites for hydroxylation is 1. The van der Waals surface area contributed by atoms with E-state index < -0.39 is 0 Å². The van der Waals surface area contributed by atoms with Gasteiger partial charge in [-0.1, -0.05) is 6.07 Å². The van der Waals surface area contributed by atoms with Crippen molar-refractivity contribution in [3.63, 3.8) is 0 Å². The number of H-pyrrole nitrogens is 2. The third-order valence-electron chi connectivity index (χ3n) is 5.53. The minimum atomic E-state index is 0.819. The first-order valence-corrected chi connectivity index (χ1v) is 9.68. The maximum Gasteiger partial charge on any atom is 0.138 e. The molecule has 0 radical (unpaired) electrons. The number of rotatable bonds is 3. The largest absolute Gasteiger partial charge is 0.472 e. The monoisotopic (exact) mass is 391 g/mol. The Balaban J connectivity index is 1.53. The van der Waals surface area contributed by atoms with Crippen LogP contribution < -0.4 is 0 Å². The number of nitrogens with zero attached hydrogens (tertiary/aromatic N) is 3. The second-order valence-electron chi connectivity index (χ2n) is 7.34. The molecule has 6 heteroatoms. The number of benzene rings is 1. The average Bonchev–Trinajstić information content (AvgIpc) is 3.51. The van der Waals surface area contributed by atoms with Gasteiger partial charge in [0, 0.05) is 40.5 Å². The van der Waals surface area contributed by atoms with Crippen LogP contribution in [0, 0.1) is 6.92 Å². The average molecular weight is 391 g/mol. The highest BCUT2D eigenvalue weighted by molar-refractivity contribution is 6.00. The van der Waals surface area contributed by atoms with Crippen molar-refractivity contribution in [2.24, 2.45) is 0 Å². The third-order valence-corrected chi connectivity index (χ3v) is 5.53. The number of hydrogen-bond acceptors (Lipinski definition) is 4. The number of furan rings is 1. The fourth-order valence-corrected chi connectivity index (χ4v) is 3.98. The fraction of sp³-hybridized carbons (Fsp3) is 0.0417. The van der Waals surface area contributed by atoms with E-state index in [0.29, 0.717) is 0 Å². The highest BCUT2D eigenvalue weighted by Gasteiger charge is 2.15. The van der Waals surface area contributed by atoms with Crippen molar-refractivity contribution in [3.05, 3.63) is 79.1 Å². The standard InChI is InChI=1S/C24H17N5O/c1-14-4-7-25-12-20(14)15-2-3-21-19(10-15)23(29-28-21)22-11-18-17(16-6-9-30-13-16)5-8-26-24(18)27-22/h2-13H,1H3,(H,26,27)(H,28,29). The molecule has 6 rings (SSSR count). The van der Waals surface area contributed by atoms with Gasteiger partial charge in [-0.05, 0) is 60.0 Å². The van der Waals surface area contributed by atoms with Gasteiger partial charge in [-0.3, -0.25) is 10.1 Å². The summed E-state index contributed by atoms with van der Waals surface area (Å²) in [6.07, 6.45) is 8.94. The van der Waals surface area contributed by atoms with E-state index in [2.05, 4.69) is 56.3 Å². The molecule has 0 aliphatic heterocycles. The second kappa shape index (κ2) is 6.42. The molecule has 0 atom stereocenters. The molecule has 30 heavy (non-hydrogen) atoms. The highest BCUT2D eigenvalue weighted by atomic mass is 16.3.